The number of nitrogens with zero attached hydrogens (tertiary/aromatic N) is 1. The van der Waals surface area contributed by atoms with E-state index in [1.807, 2.05) is 0 Å². The Balaban J connectivity index is 2.58. The van der Waals surface area contributed by atoms with Crippen LogP contribution < -0.4 is 5.56 Å². The third-order valence-corrected chi connectivity index (χ3v) is 4.36. The number of nitrogens with one attached hydrogen (secondary N) is 1. The van der Waals surface area contributed by atoms with Crippen molar-refractivity contribution in [2.45, 2.75) is 11.8 Å². The number of esters is 1. The maximum atomic E-state index is 11.9. The average molecular weight is 381 g/mol. The summed E-state index contributed by atoms with van der Waals surface area (Å²) in [7, 11) is -4.57. The zero-order valence-electron chi connectivity index (χ0n) is 11.5. The summed E-state index contributed by atoms with van der Waals surface area (Å²) in [6.45, 7) is 1.74. The van der Waals surface area contributed by atoms with Gasteiger partial charge in [0.2, 0.25) is 0 Å². The van der Waals surface area contributed by atoms with E-state index in [-0.39, 0.29) is 28.0 Å². The maximum absolute atomic E-state index is 11.9. The molecule has 2 N–H and O–H groups in total. The van der Waals surface area contributed by atoms with E-state index in [4.69, 9.17) is 32.5 Å². The van der Waals surface area contributed by atoms with Crippen molar-refractivity contribution in [1.82, 2.24) is 9.78 Å². The first-order valence-corrected chi connectivity index (χ1v) is 8.31. The molecule has 0 fully saturated rings. The molecule has 0 unspecified atom stereocenters. The molecule has 2 aromatic rings. The topological polar surface area (TPSA) is 118 Å². The second-order valence-electron chi connectivity index (χ2n) is 4.27. The van der Waals surface area contributed by atoms with Gasteiger partial charge in [0.15, 0.2) is 0 Å². The molecular weight excluding hydrogens is 371 g/mol. The van der Waals surface area contributed by atoms with E-state index in [1.165, 1.54) is 0 Å². The van der Waals surface area contributed by atoms with E-state index in [0.29, 0.717) is 0 Å². The zero-order chi connectivity index (χ0) is 17.4. The zero-order valence-corrected chi connectivity index (χ0v) is 13.9. The minimum atomic E-state index is -4.57. The standard InChI is InChI=1S/C12H10Cl2N2O6S/c1-2-22-12(18)8-5-11(17)16(15-8)9-3-7(14)10(4-6(9)13)23(19,20)21/h3-5,15H,2H2,1H3,(H,19,20,21). The lowest BCUT2D eigenvalue weighted by atomic mass is 10.3. The van der Waals surface area contributed by atoms with E-state index in [2.05, 4.69) is 5.10 Å². The molecule has 0 aliphatic rings. The Bertz CT molecular complexity index is 932. The lowest BCUT2D eigenvalue weighted by Crippen LogP contribution is -2.14. The number of rotatable bonds is 4. The van der Waals surface area contributed by atoms with Crippen LogP contribution in [0.15, 0.2) is 27.9 Å². The van der Waals surface area contributed by atoms with E-state index in [0.717, 1.165) is 22.9 Å². The first kappa shape index (κ1) is 17.5. The molecule has 0 bridgehead atoms. The Morgan fingerprint density at radius 2 is 1.96 bits per heavy atom. The summed E-state index contributed by atoms with van der Waals surface area (Å²) in [6.07, 6.45) is 0. The molecule has 0 radical (unpaired) electrons. The van der Waals surface area contributed by atoms with Gasteiger partial charge in [-0.2, -0.15) is 8.42 Å². The SMILES string of the molecule is CCOC(=O)c1cc(=O)n(-c2cc(Cl)c(S(=O)(=O)O)cc2Cl)[nH]1. The third-order valence-electron chi connectivity index (χ3n) is 2.74. The van der Waals surface area contributed by atoms with Crippen LogP contribution in [0.4, 0.5) is 0 Å². The molecule has 8 nitrogen and oxygen atoms in total. The number of benzene rings is 1. The average Bonchev–Trinajstić information content (AvgIpc) is 2.82. The Hall–Kier alpha value is -1.81. The number of H-pyrrole nitrogens is 1. The van der Waals surface area contributed by atoms with Crippen molar-refractivity contribution in [2.75, 3.05) is 6.61 Å². The molecule has 124 valence electrons. The molecular formula is C12H10Cl2N2O6S. The molecule has 0 spiro atoms. The number of carbonyl (C=O) groups excluding carboxylic acids is 1. The highest BCUT2D eigenvalue weighted by molar-refractivity contribution is 7.86. The van der Waals surface area contributed by atoms with Crippen LogP contribution in [0.2, 0.25) is 10.0 Å². The van der Waals surface area contributed by atoms with Crippen LogP contribution in [0.25, 0.3) is 5.69 Å². The van der Waals surface area contributed by atoms with Crippen molar-refractivity contribution in [3.05, 3.63) is 44.3 Å². The molecule has 0 aliphatic carbocycles. The van der Waals surface area contributed by atoms with Gasteiger partial charge in [0.1, 0.15) is 10.6 Å². The quantitative estimate of drug-likeness (QED) is 0.617. The van der Waals surface area contributed by atoms with Crippen LogP contribution in [0, 0.1) is 0 Å². The van der Waals surface area contributed by atoms with Crippen molar-refractivity contribution in [2.24, 2.45) is 0 Å². The van der Waals surface area contributed by atoms with Crippen molar-refractivity contribution >= 4 is 39.3 Å². The van der Waals surface area contributed by atoms with Gasteiger partial charge >= 0.3 is 5.97 Å². The highest BCUT2D eigenvalue weighted by Gasteiger charge is 2.20. The minimum absolute atomic E-state index is 0.00427. The van der Waals surface area contributed by atoms with Gasteiger partial charge in [0.05, 0.1) is 22.3 Å². The van der Waals surface area contributed by atoms with Gasteiger partial charge in [0.25, 0.3) is 15.7 Å². The van der Waals surface area contributed by atoms with Crippen molar-refractivity contribution in [3.8, 4) is 5.69 Å². The largest absolute Gasteiger partial charge is 0.461 e. The van der Waals surface area contributed by atoms with Gasteiger partial charge in [-0.15, -0.1) is 0 Å². The molecule has 2 rings (SSSR count). The lowest BCUT2D eigenvalue weighted by Gasteiger charge is -2.08. The number of aromatic amines is 1. The van der Waals surface area contributed by atoms with Gasteiger partial charge in [-0.1, -0.05) is 23.2 Å². The number of carbonyl (C=O) groups is 1. The predicted octanol–water partition coefficient (Wildman–Crippen LogP) is 1.90. The molecule has 1 aromatic heterocycles. The van der Waals surface area contributed by atoms with E-state index < -0.39 is 26.5 Å². The molecule has 1 heterocycles. The van der Waals surface area contributed by atoms with E-state index in [9.17, 15) is 18.0 Å². The second-order valence-corrected chi connectivity index (χ2v) is 6.48. The van der Waals surface area contributed by atoms with E-state index in [1.54, 1.807) is 6.92 Å². The molecule has 0 saturated carbocycles. The number of hydrogen-bond donors (Lipinski definition) is 2. The van der Waals surface area contributed by atoms with Gasteiger partial charge in [-0.05, 0) is 19.1 Å². The van der Waals surface area contributed by atoms with Crippen LogP contribution in [-0.2, 0) is 14.9 Å². The number of aromatic nitrogens is 2. The Morgan fingerprint density at radius 3 is 2.52 bits per heavy atom. The smallest absolute Gasteiger partial charge is 0.356 e. The second kappa shape index (κ2) is 6.36. The minimum Gasteiger partial charge on any atom is -0.461 e. The van der Waals surface area contributed by atoms with Crippen LogP contribution in [0.5, 0.6) is 0 Å². The first-order chi connectivity index (χ1) is 10.6. The van der Waals surface area contributed by atoms with Gasteiger partial charge < -0.3 is 4.74 Å². The predicted molar refractivity (Wildman–Crippen MR) is 82.2 cm³/mol. The summed E-state index contributed by atoms with van der Waals surface area (Å²) >= 11 is 11.7. The summed E-state index contributed by atoms with van der Waals surface area (Å²) in [5, 5.41) is 1.96. The molecule has 0 aliphatic heterocycles. The molecule has 11 heteroatoms. The fraction of sp³-hybridized carbons (Fsp3) is 0.167. The Kier molecular flexibility index (Phi) is 4.85. The number of halogens is 2. The molecule has 23 heavy (non-hydrogen) atoms. The third kappa shape index (κ3) is 3.58. The first-order valence-electron chi connectivity index (χ1n) is 6.11. The summed E-state index contributed by atoms with van der Waals surface area (Å²) in [4.78, 5) is 23.0. The van der Waals surface area contributed by atoms with E-state index >= 15 is 0 Å². The van der Waals surface area contributed by atoms with Crippen LogP contribution >= 0.6 is 23.2 Å². The molecule has 0 atom stereocenters. The number of hydrogen-bond acceptors (Lipinski definition) is 5. The summed E-state index contributed by atoms with van der Waals surface area (Å²) in [5.74, 6) is -0.736. The lowest BCUT2D eigenvalue weighted by molar-refractivity contribution is 0.0519. The molecule has 0 amide bonds. The molecule has 0 saturated heterocycles. The fourth-order valence-electron chi connectivity index (χ4n) is 1.78. The monoisotopic (exact) mass is 380 g/mol. The maximum Gasteiger partial charge on any atom is 0.356 e. The normalized spacial score (nSPS) is 11.5. The summed E-state index contributed by atoms with van der Waals surface area (Å²) < 4.78 is 37.0. The van der Waals surface area contributed by atoms with Crippen molar-refractivity contribution in [3.63, 3.8) is 0 Å². The Morgan fingerprint density at radius 1 is 1.30 bits per heavy atom. The van der Waals surface area contributed by atoms with Gasteiger partial charge in [-0.3, -0.25) is 14.4 Å². The van der Waals surface area contributed by atoms with Gasteiger partial charge in [-0.25, -0.2) is 9.48 Å². The Labute approximate surface area is 140 Å². The summed E-state index contributed by atoms with van der Waals surface area (Å²) in [6, 6.07) is 2.96. The van der Waals surface area contributed by atoms with Gasteiger partial charge in [0, 0.05) is 6.07 Å². The van der Waals surface area contributed by atoms with Crippen LogP contribution in [-0.4, -0.2) is 35.3 Å². The highest BCUT2D eigenvalue weighted by Crippen LogP contribution is 2.30. The highest BCUT2D eigenvalue weighted by atomic mass is 35.5. The molecule has 1 aromatic carbocycles. The summed E-state index contributed by atoms with van der Waals surface area (Å²) in [5.41, 5.74) is -0.738. The van der Waals surface area contributed by atoms with Crippen molar-refractivity contribution in [1.29, 1.82) is 0 Å². The fourth-order valence-corrected chi connectivity index (χ4v) is 3.11. The van der Waals surface area contributed by atoms with Crippen LogP contribution in [0.3, 0.4) is 0 Å². The van der Waals surface area contributed by atoms with Crippen molar-refractivity contribution < 1.29 is 22.5 Å². The number of ether oxygens (including phenoxy) is 1. The van der Waals surface area contributed by atoms with Crippen LogP contribution in [0.1, 0.15) is 17.4 Å².